The molecule has 2 aromatic rings. The van der Waals surface area contributed by atoms with Gasteiger partial charge in [-0.2, -0.15) is 0 Å². The fourth-order valence-corrected chi connectivity index (χ4v) is 6.38. The van der Waals surface area contributed by atoms with Crippen LogP contribution in [0, 0.1) is 5.92 Å². The summed E-state index contributed by atoms with van der Waals surface area (Å²) in [5.41, 5.74) is 0.699. The van der Waals surface area contributed by atoms with Crippen LogP contribution in [0.3, 0.4) is 0 Å². The third kappa shape index (κ3) is 5.39. The van der Waals surface area contributed by atoms with Gasteiger partial charge < -0.3 is 14.8 Å². The Balaban J connectivity index is 1.34. The van der Waals surface area contributed by atoms with Gasteiger partial charge in [0, 0.05) is 23.7 Å². The van der Waals surface area contributed by atoms with Crippen LogP contribution in [0.15, 0.2) is 30.3 Å². The molecule has 5 nitrogen and oxygen atoms in total. The summed E-state index contributed by atoms with van der Waals surface area (Å²) in [5.74, 6) is 1.48. The first-order chi connectivity index (χ1) is 15.7. The maximum atomic E-state index is 12.5. The topological polar surface area (TPSA) is 50.8 Å². The zero-order valence-corrected chi connectivity index (χ0v) is 21.2. The highest BCUT2D eigenvalue weighted by Crippen LogP contribution is 2.55. The van der Waals surface area contributed by atoms with E-state index < -0.39 is 5.60 Å². The minimum Gasteiger partial charge on any atom is -0.491 e. The van der Waals surface area contributed by atoms with E-state index in [1.54, 1.807) is 0 Å². The summed E-state index contributed by atoms with van der Waals surface area (Å²) in [4.78, 5) is 14.7. The van der Waals surface area contributed by atoms with Crippen molar-refractivity contribution in [2.75, 3.05) is 19.7 Å². The molecule has 0 bridgehead atoms. The number of carbonyl (C=O) groups excluding carboxylic acids is 1. The van der Waals surface area contributed by atoms with Crippen LogP contribution < -0.4 is 10.1 Å². The van der Waals surface area contributed by atoms with Gasteiger partial charge in [0.25, 0.3) is 0 Å². The van der Waals surface area contributed by atoms with Crippen LogP contribution in [-0.2, 0) is 11.3 Å². The zero-order valence-electron chi connectivity index (χ0n) is 19.7. The monoisotopic (exact) mass is 488 g/mol. The molecule has 1 N–H and O–H groups in total. The number of rotatable bonds is 6. The number of benzene rings is 2. The van der Waals surface area contributed by atoms with E-state index in [0.29, 0.717) is 16.2 Å². The average molecular weight is 489 g/mol. The standard InChI is InChI=1S/C26H33ClN2O3S/c1-25(2,3)32-24(30)28-26-16-29(12-6-9-22(26)33-26)14-18-13-21(27)23(31-15-17-10-11-17)20-8-5-4-7-19(18)20/h4-5,7-8,13,17,22H,6,9-12,14-16H2,1-3H3,(H,28,30)/t22?,26-/m1/s1. The largest absolute Gasteiger partial charge is 0.491 e. The molecule has 1 amide bonds. The number of thioether (sulfide) groups is 1. The van der Waals surface area contributed by atoms with E-state index in [0.717, 1.165) is 50.2 Å². The molecule has 178 valence electrons. The average Bonchev–Trinajstić information content (AvgIpc) is 3.62. The van der Waals surface area contributed by atoms with Crippen molar-refractivity contribution in [2.45, 2.75) is 68.7 Å². The van der Waals surface area contributed by atoms with Gasteiger partial charge in [-0.1, -0.05) is 35.9 Å². The second kappa shape index (κ2) is 8.86. The summed E-state index contributed by atoms with van der Waals surface area (Å²) in [5, 5.41) is 6.58. The minimum atomic E-state index is -0.501. The van der Waals surface area contributed by atoms with E-state index >= 15 is 0 Å². The second-order valence-corrected chi connectivity index (χ2v) is 12.6. The molecule has 0 aromatic heterocycles. The number of amides is 1. The Morgan fingerprint density at radius 2 is 2.00 bits per heavy atom. The van der Waals surface area contributed by atoms with Gasteiger partial charge in [-0.05, 0) is 75.9 Å². The molecule has 2 heterocycles. The van der Waals surface area contributed by atoms with Crippen LogP contribution in [0.1, 0.15) is 52.0 Å². The number of nitrogens with zero attached hydrogens (tertiary/aromatic N) is 1. The highest BCUT2D eigenvalue weighted by molar-refractivity contribution is 8.08. The number of hydrogen-bond acceptors (Lipinski definition) is 5. The third-order valence-corrected chi connectivity index (χ3v) is 8.40. The molecule has 1 aliphatic carbocycles. The molecule has 2 aromatic carbocycles. The number of hydrogen-bond donors (Lipinski definition) is 1. The first-order valence-corrected chi connectivity index (χ1v) is 13.2. The van der Waals surface area contributed by atoms with Crippen molar-refractivity contribution in [1.29, 1.82) is 0 Å². The summed E-state index contributed by atoms with van der Waals surface area (Å²) in [6, 6.07) is 10.5. The first-order valence-electron chi connectivity index (χ1n) is 12.0. The van der Waals surface area contributed by atoms with Crippen LogP contribution in [0.2, 0.25) is 5.02 Å². The smallest absolute Gasteiger partial charge is 0.408 e. The Kier molecular flexibility index (Phi) is 6.21. The minimum absolute atomic E-state index is 0.258. The number of alkyl carbamates (subject to hydrolysis) is 1. The molecule has 7 heteroatoms. The molecular weight excluding hydrogens is 456 g/mol. The molecule has 3 fully saturated rings. The van der Waals surface area contributed by atoms with Crippen LogP contribution in [0.25, 0.3) is 10.8 Å². The van der Waals surface area contributed by atoms with Crippen LogP contribution in [-0.4, -0.2) is 46.4 Å². The number of carbonyl (C=O) groups is 1. The van der Waals surface area contributed by atoms with Crippen LogP contribution >= 0.6 is 23.4 Å². The molecule has 0 radical (unpaired) electrons. The van der Waals surface area contributed by atoms with E-state index in [2.05, 4.69) is 34.5 Å². The molecule has 3 aliphatic rings. The molecule has 0 spiro atoms. The van der Waals surface area contributed by atoms with Crippen molar-refractivity contribution in [1.82, 2.24) is 10.2 Å². The Bertz CT molecular complexity index is 1050. The third-order valence-electron chi connectivity index (χ3n) is 6.52. The molecular formula is C26H33ClN2O3S. The van der Waals surface area contributed by atoms with Gasteiger partial charge in [0.15, 0.2) is 0 Å². The zero-order chi connectivity index (χ0) is 23.2. The predicted octanol–water partition coefficient (Wildman–Crippen LogP) is 6.21. The molecule has 1 saturated carbocycles. The Hall–Kier alpha value is -1.63. The van der Waals surface area contributed by atoms with Crippen molar-refractivity contribution >= 4 is 40.2 Å². The maximum absolute atomic E-state index is 12.5. The van der Waals surface area contributed by atoms with Gasteiger partial charge in [-0.3, -0.25) is 4.90 Å². The number of fused-ring (bicyclic) bond motifs is 2. The normalized spacial score (nSPS) is 25.3. The number of nitrogens with one attached hydrogen (secondary N) is 1. The van der Waals surface area contributed by atoms with Gasteiger partial charge in [-0.25, -0.2) is 4.79 Å². The predicted molar refractivity (Wildman–Crippen MR) is 135 cm³/mol. The maximum Gasteiger partial charge on any atom is 0.408 e. The van der Waals surface area contributed by atoms with Crippen molar-refractivity contribution in [3.05, 3.63) is 40.9 Å². The molecule has 1 unspecified atom stereocenters. The molecule has 2 atom stereocenters. The lowest BCUT2D eigenvalue weighted by molar-refractivity contribution is 0.0492. The highest BCUT2D eigenvalue weighted by atomic mass is 35.5. The molecule has 2 saturated heterocycles. The van der Waals surface area contributed by atoms with E-state index in [9.17, 15) is 4.79 Å². The lowest BCUT2D eigenvalue weighted by Crippen LogP contribution is -2.48. The number of ether oxygens (including phenoxy) is 2. The number of halogens is 1. The quantitative estimate of drug-likeness (QED) is 0.489. The summed E-state index contributed by atoms with van der Waals surface area (Å²) < 4.78 is 11.7. The lowest BCUT2D eigenvalue weighted by atomic mass is 10.0. The van der Waals surface area contributed by atoms with E-state index in [1.165, 1.54) is 23.8 Å². The summed E-state index contributed by atoms with van der Waals surface area (Å²) in [6.45, 7) is 9.02. The Morgan fingerprint density at radius 1 is 1.24 bits per heavy atom. The Labute approximate surface area is 205 Å². The van der Waals surface area contributed by atoms with Gasteiger partial charge in [0.05, 0.1) is 11.6 Å². The van der Waals surface area contributed by atoms with Crippen molar-refractivity contribution in [3.8, 4) is 5.75 Å². The molecule has 2 aliphatic heterocycles. The van der Waals surface area contributed by atoms with Gasteiger partial charge in [0.1, 0.15) is 16.2 Å². The second-order valence-electron chi connectivity index (χ2n) is 10.6. The summed E-state index contributed by atoms with van der Waals surface area (Å²) in [7, 11) is 0. The summed E-state index contributed by atoms with van der Waals surface area (Å²) >= 11 is 8.59. The van der Waals surface area contributed by atoms with Gasteiger partial charge in [-0.15, -0.1) is 11.8 Å². The van der Waals surface area contributed by atoms with E-state index in [-0.39, 0.29) is 11.0 Å². The van der Waals surface area contributed by atoms with Crippen LogP contribution in [0.4, 0.5) is 4.79 Å². The fraction of sp³-hybridized carbons (Fsp3) is 0.577. The van der Waals surface area contributed by atoms with Crippen molar-refractivity contribution < 1.29 is 14.3 Å². The van der Waals surface area contributed by atoms with Crippen molar-refractivity contribution in [2.24, 2.45) is 5.92 Å². The molecule has 5 rings (SSSR count). The van der Waals surface area contributed by atoms with E-state index in [4.69, 9.17) is 21.1 Å². The van der Waals surface area contributed by atoms with Gasteiger partial charge >= 0.3 is 6.09 Å². The van der Waals surface area contributed by atoms with Gasteiger partial charge in [0.2, 0.25) is 0 Å². The highest BCUT2D eigenvalue weighted by Gasteiger charge is 2.58. The lowest BCUT2D eigenvalue weighted by Gasteiger charge is -2.28. The summed E-state index contributed by atoms with van der Waals surface area (Å²) in [6.07, 6.45) is 4.39. The fourth-order valence-electron chi connectivity index (χ4n) is 4.71. The van der Waals surface area contributed by atoms with Crippen molar-refractivity contribution in [3.63, 3.8) is 0 Å². The van der Waals surface area contributed by atoms with E-state index in [1.807, 2.05) is 38.6 Å². The first kappa shape index (κ1) is 23.1. The number of likely N-dealkylation sites (tertiary alicyclic amines) is 1. The SMILES string of the molecule is CC(C)(C)OC(=O)N[C@@]12CN(Cc3cc(Cl)c(OCC4CC4)c4ccccc34)CCCC1S2. The Morgan fingerprint density at radius 3 is 2.73 bits per heavy atom. The molecule has 33 heavy (non-hydrogen) atoms. The van der Waals surface area contributed by atoms with Crippen LogP contribution in [0.5, 0.6) is 5.75 Å².